The van der Waals surface area contributed by atoms with Gasteiger partial charge in [0.15, 0.2) is 5.78 Å². The highest BCUT2D eigenvalue weighted by molar-refractivity contribution is 5.99. The van der Waals surface area contributed by atoms with Crippen molar-refractivity contribution in [1.29, 1.82) is 0 Å². The zero-order chi connectivity index (χ0) is 25.7. The quantitative estimate of drug-likeness (QED) is 0.410. The molecule has 2 unspecified atom stereocenters. The summed E-state index contributed by atoms with van der Waals surface area (Å²) in [5, 5.41) is 2.93. The molecule has 1 N–H and O–H groups in total. The Morgan fingerprint density at radius 1 is 0.972 bits per heavy atom. The van der Waals surface area contributed by atoms with Crippen LogP contribution in [0.15, 0.2) is 24.3 Å². The number of ether oxygens (including phenoxy) is 2. The van der Waals surface area contributed by atoms with Gasteiger partial charge in [-0.2, -0.15) is 0 Å². The van der Waals surface area contributed by atoms with Crippen molar-refractivity contribution in [3.63, 3.8) is 0 Å². The van der Waals surface area contributed by atoms with E-state index >= 15 is 0 Å². The highest BCUT2D eigenvalue weighted by Crippen LogP contribution is 2.33. The molecule has 0 spiro atoms. The van der Waals surface area contributed by atoms with Crippen LogP contribution in [0.5, 0.6) is 5.75 Å². The molecule has 1 saturated heterocycles. The van der Waals surface area contributed by atoms with Crippen molar-refractivity contribution < 1.29 is 23.9 Å². The van der Waals surface area contributed by atoms with Crippen molar-refractivity contribution in [2.45, 2.75) is 70.9 Å². The number of amides is 2. The van der Waals surface area contributed by atoms with Crippen molar-refractivity contribution >= 4 is 17.8 Å². The second kappa shape index (κ2) is 11.6. The first-order valence-corrected chi connectivity index (χ1v) is 13.5. The van der Waals surface area contributed by atoms with Crippen LogP contribution in [0.2, 0.25) is 0 Å². The molecule has 36 heavy (non-hydrogen) atoms. The number of rotatable bonds is 9. The standard InChI is InChI=1S/C28H41N3O5/c1-28(2,3)36-27(34)29-24-7-4-6-23(24)26(33)31-17-15-30(16-18-31)14-5-19-35-22-12-10-21(11-13-22)25(32)20-8-9-20/h10-13,20,23-24H,4-9,14-19H2,1-3H3,(H,29,34). The summed E-state index contributed by atoms with van der Waals surface area (Å²) in [5.41, 5.74) is 0.228. The second-order valence-electron chi connectivity index (χ2n) is 11.3. The summed E-state index contributed by atoms with van der Waals surface area (Å²) in [6, 6.07) is 7.35. The number of carbonyl (C=O) groups is 3. The average molecular weight is 500 g/mol. The molecule has 0 aromatic heterocycles. The first-order chi connectivity index (χ1) is 17.2. The van der Waals surface area contributed by atoms with Gasteiger partial charge in [0, 0.05) is 50.2 Å². The van der Waals surface area contributed by atoms with Crippen LogP contribution in [0.1, 0.15) is 69.7 Å². The zero-order valence-corrected chi connectivity index (χ0v) is 22.0. The molecule has 2 atom stereocenters. The second-order valence-corrected chi connectivity index (χ2v) is 11.3. The van der Waals surface area contributed by atoms with E-state index in [0.29, 0.717) is 19.7 Å². The van der Waals surface area contributed by atoms with Crippen LogP contribution in [0.25, 0.3) is 0 Å². The van der Waals surface area contributed by atoms with Crippen LogP contribution in [-0.4, -0.2) is 78.6 Å². The lowest BCUT2D eigenvalue weighted by atomic mass is 10.0. The van der Waals surface area contributed by atoms with E-state index < -0.39 is 11.7 Å². The Balaban J connectivity index is 1.13. The predicted molar refractivity (Wildman–Crippen MR) is 137 cm³/mol. The zero-order valence-electron chi connectivity index (χ0n) is 22.0. The molecule has 8 nitrogen and oxygen atoms in total. The summed E-state index contributed by atoms with van der Waals surface area (Å²) >= 11 is 0. The molecule has 1 aromatic rings. The Morgan fingerprint density at radius 2 is 1.67 bits per heavy atom. The van der Waals surface area contributed by atoms with E-state index in [0.717, 1.165) is 69.5 Å². The minimum absolute atomic E-state index is 0.150. The van der Waals surface area contributed by atoms with E-state index in [9.17, 15) is 14.4 Å². The Morgan fingerprint density at radius 3 is 2.31 bits per heavy atom. The van der Waals surface area contributed by atoms with Crippen LogP contribution in [0.3, 0.4) is 0 Å². The molecule has 2 aliphatic carbocycles. The molecule has 0 radical (unpaired) electrons. The maximum Gasteiger partial charge on any atom is 0.407 e. The molecule has 4 rings (SSSR count). The Labute approximate surface area is 214 Å². The fourth-order valence-electron chi connectivity index (χ4n) is 5.09. The van der Waals surface area contributed by atoms with Gasteiger partial charge in [-0.25, -0.2) is 4.79 Å². The summed E-state index contributed by atoms with van der Waals surface area (Å²) in [6.45, 7) is 10.2. The van der Waals surface area contributed by atoms with Crippen molar-refractivity contribution in [3.05, 3.63) is 29.8 Å². The van der Waals surface area contributed by atoms with Crippen molar-refractivity contribution in [3.8, 4) is 5.75 Å². The molecule has 1 heterocycles. The summed E-state index contributed by atoms with van der Waals surface area (Å²) in [4.78, 5) is 41.8. The normalized spacial score (nSPS) is 22.8. The smallest absolute Gasteiger partial charge is 0.407 e. The van der Waals surface area contributed by atoms with E-state index in [1.807, 2.05) is 49.9 Å². The van der Waals surface area contributed by atoms with Crippen LogP contribution in [0.4, 0.5) is 4.79 Å². The lowest BCUT2D eigenvalue weighted by Gasteiger charge is -2.37. The predicted octanol–water partition coefficient (Wildman–Crippen LogP) is 3.89. The first kappa shape index (κ1) is 26.5. The Hall–Kier alpha value is -2.61. The third-order valence-corrected chi connectivity index (χ3v) is 7.19. The minimum Gasteiger partial charge on any atom is -0.494 e. The third kappa shape index (κ3) is 7.45. The molecular weight excluding hydrogens is 458 g/mol. The molecule has 1 aliphatic heterocycles. The third-order valence-electron chi connectivity index (χ3n) is 7.19. The van der Waals surface area contributed by atoms with E-state index in [2.05, 4.69) is 10.2 Å². The van der Waals surface area contributed by atoms with Crippen molar-refractivity contribution in [2.24, 2.45) is 11.8 Å². The van der Waals surface area contributed by atoms with Gasteiger partial charge in [-0.05, 0) is 77.1 Å². The Bertz CT molecular complexity index is 914. The van der Waals surface area contributed by atoms with Crippen molar-refractivity contribution in [2.75, 3.05) is 39.3 Å². The number of nitrogens with one attached hydrogen (secondary N) is 1. The van der Waals surface area contributed by atoms with Crippen molar-refractivity contribution in [1.82, 2.24) is 15.1 Å². The maximum absolute atomic E-state index is 13.2. The number of benzene rings is 1. The lowest BCUT2D eigenvalue weighted by molar-refractivity contribution is -0.137. The monoisotopic (exact) mass is 499 g/mol. The minimum atomic E-state index is -0.551. The number of ketones is 1. The van der Waals surface area contributed by atoms with Gasteiger partial charge in [0.05, 0.1) is 12.5 Å². The first-order valence-electron chi connectivity index (χ1n) is 13.5. The average Bonchev–Trinajstić information content (AvgIpc) is 3.59. The number of hydrogen-bond donors (Lipinski definition) is 1. The van der Waals surface area contributed by atoms with E-state index in [4.69, 9.17) is 9.47 Å². The fourth-order valence-corrected chi connectivity index (χ4v) is 5.09. The van der Waals surface area contributed by atoms with Gasteiger partial charge in [0.1, 0.15) is 11.4 Å². The highest BCUT2D eigenvalue weighted by Gasteiger charge is 2.38. The van der Waals surface area contributed by atoms with Gasteiger partial charge in [-0.1, -0.05) is 6.42 Å². The number of nitrogens with zero attached hydrogens (tertiary/aromatic N) is 2. The van der Waals surface area contributed by atoms with Gasteiger partial charge >= 0.3 is 6.09 Å². The molecular formula is C28H41N3O5. The molecule has 2 saturated carbocycles. The van der Waals surface area contributed by atoms with Crippen LogP contribution in [-0.2, 0) is 9.53 Å². The van der Waals surface area contributed by atoms with Gasteiger partial charge in [0.2, 0.25) is 5.91 Å². The van der Waals surface area contributed by atoms with E-state index in [-0.39, 0.29) is 29.6 Å². The van der Waals surface area contributed by atoms with Gasteiger partial charge in [0.25, 0.3) is 0 Å². The van der Waals surface area contributed by atoms with Crippen LogP contribution >= 0.6 is 0 Å². The highest BCUT2D eigenvalue weighted by atomic mass is 16.6. The summed E-state index contributed by atoms with van der Waals surface area (Å²) in [6.07, 6.45) is 5.07. The molecule has 2 amide bonds. The van der Waals surface area contributed by atoms with E-state index in [1.54, 1.807) is 0 Å². The Kier molecular flexibility index (Phi) is 8.54. The number of hydrogen-bond acceptors (Lipinski definition) is 6. The van der Waals surface area contributed by atoms with Crippen LogP contribution < -0.4 is 10.1 Å². The van der Waals surface area contributed by atoms with Gasteiger partial charge in [-0.15, -0.1) is 0 Å². The molecule has 3 aliphatic rings. The number of alkyl carbamates (subject to hydrolysis) is 1. The molecule has 198 valence electrons. The maximum atomic E-state index is 13.2. The number of piperazine rings is 1. The molecule has 0 bridgehead atoms. The van der Waals surface area contributed by atoms with Crippen LogP contribution in [0, 0.1) is 11.8 Å². The molecule has 3 fully saturated rings. The molecule has 8 heteroatoms. The summed E-state index contributed by atoms with van der Waals surface area (Å²) < 4.78 is 11.2. The topological polar surface area (TPSA) is 88.2 Å². The number of carbonyl (C=O) groups excluding carboxylic acids is 3. The van der Waals surface area contributed by atoms with Gasteiger partial charge < -0.3 is 19.7 Å². The molecule has 1 aromatic carbocycles. The largest absolute Gasteiger partial charge is 0.494 e. The van der Waals surface area contributed by atoms with E-state index in [1.165, 1.54) is 0 Å². The summed E-state index contributed by atoms with van der Waals surface area (Å²) in [5.74, 6) is 1.27. The lowest BCUT2D eigenvalue weighted by Crippen LogP contribution is -2.53. The SMILES string of the molecule is CC(C)(C)OC(=O)NC1CCCC1C(=O)N1CCN(CCCOc2ccc(C(=O)C3CC3)cc2)CC1. The fraction of sp³-hybridized carbons (Fsp3) is 0.679. The number of Topliss-reactive ketones (excluding diaryl/α,β-unsaturated/α-hetero) is 1. The van der Waals surface area contributed by atoms with Gasteiger partial charge in [-0.3, -0.25) is 14.5 Å². The summed E-state index contributed by atoms with van der Waals surface area (Å²) in [7, 11) is 0.